The second kappa shape index (κ2) is 8.38. The Kier molecular flexibility index (Phi) is 7.17. The summed E-state index contributed by atoms with van der Waals surface area (Å²) >= 11 is 0. The van der Waals surface area contributed by atoms with E-state index in [-0.39, 0.29) is 17.3 Å². The summed E-state index contributed by atoms with van der Waals surface area (Å²) in [5.41, 5.74) is 0.644. The summed E-state index contributed by atoms with van der Waals surface area (Å²) in [6, 6.07) is 7.05. The van der Waals surface area contributed by atoms with Gasteiger partial charge in [-0.05, 0) is 51.8 Å². The zero-order chi connectivity index (χ0) is 15.0. The van der Waals surface area contributed by atoms with Crippen molar-refractivity contribution in [1.29, 1.82) is 0 Å². The van der Waals surface area contributed by atoms with Crippen molar-refractivity contribution in [2.24, 2.45) is 0 Å². The largest absolute Gasteiger partial charge is 0.376 e. The molecule has 0 aliphatic heterocycles. The molecule has 0 saturated carbocycles. The van der Waals surface area contributed by atoms with Crippen molar-refractivity contribution >= 4 is 0 Å². The summed E-state index contributed by atoms with van der Waals surface area (Å²) in [7, 11) is 0. The van der Waals surface area contributed by atoms with Gasteiger partial charge in [0.25, 0.3) is 0 Å². The van der Waals surface area contributed by atoms with Crippen molar-refractivity contribution in [2.45, 2.75) is 52.1 Å². The van der Waals surface area contributed by atoms with Gasteiger partial charge in [0.2, 0.25) is 0 Å². The van der Waals surface area contributed by atoms with E-state index in [1.165, 1.54) is 6.07 Å². The Morgan fingerprint density at radius 2 is 1.95 bits per heavy atom. The molecule has 0 fully saturated rings. The molecule has 20 heavy (non-hydrogen) atoms. The van der Waals surface area contributed by atoms with Crippen molar-refractivity contribution in [1.82, 2.24) is 5.32 Å². The van der Waals surface area contributed by atoms with Gasteiger partial charge in [0.1, 0.15) is 5.82 Å². The first kappa shape index (κ1) is 17.1. The molecule has 2 nitrogen and oxygen atoms in total. The van der Waals surface area contributed by atoms with Gasteiger partial charge in [-0.25, -0.2) is 4.39 Å². The van der Waals surface area contributed by atoms with E-state index in [0.29, 0.717) is 6.61 Å². The predicted octanol–water partition coefficient (Wildman–Crippen LogP) is 4.11. The first-order chi connectivity index (χ1) is 9.44. The maximum absolute atomic E-state index is 13.9. The first-order valence-corrected chi connectivity index (χ1v) is 7.53. The quantitative estimate of drug-likeness (QED) is 0.724. The number of hydrogen-bond acceptors (Lipinski definition) is 2. The topological polar surface area (TPSA) is 21.3 Å². The van der Waals surface area contributed by atoms with E-state index in [1.807, 2.05) is 32.9 Å². The van der Waals surface area contributed by atoms with Gasteiger partial charge in [-0.2, -0.15) is 0 Å². The van der Waals surface area contributed by atoms with Crippen LogP contribution in [0.4, 0.5) is 4.39 Å². The lowest BCUT2D eigenvalue weighted by Gasteiger charge is -2.23. The second-order valence-corrected chi connectivity index (χ2v) is 6.17. The molecule has 0 heterocycles. The van der Waals surface area contributed by atoms with Crippen LogP contribution in [0.2, 0.25) is 0 Å². The highest BCUT2D eigenvalue weighted by Crippen LogP contribution is 2.23. The van der Waals surface area contributed by atoms with E-state index >= 15 is 0 Å². The normalized spacial score (nSPS) is 13.4. The average molecular weight is 281 g/mol. The Hall–Kier alpha value is -0.930. The molecule has 1 atom stereocenters. The lowest BCUT2D eigenvalue weighted by Crippen LogP contribution is -2.26. The van der Waals surface area contributed by atoms with Crippen LogP contribution in [0.15, 0.2) is 24.3 Å². The molecule has 1 unspecified atom stereocenters. The maximum atomic E-state index is 13.9. The van der Waals surface area contributed by atoms with Crippen molar-refractivity contribution in [3.63, 3.8) is 0 Å². The Labute approximate surface area is 122 Å². The van der Waals surface area contributed by atoms with Crippen LogP contribution in [0, 0.1) is 5.82 Å². The van der Waals surface area contributed by atoms with E-state index in [9.17, 15) is 4.39 Å². The Balaban J connectivity index is 2.63. The molecule has 0 aliphatic rings. The molecule has 0 spiro atoms. The summed E-state index contributed by atoms with van der Waals surface area (Å²) in [5, 5.41) is 3.39. The number of halogens is 1. The van der Waals surface area contributed by atoms with Gasteiger partial charge in [-0.1, -0.05) is 25.1 Å². The molecule has 1 aromatic carbocycles. The van der Waals surface area contributed by atoms with Gasteiger partial charge in [0, 0.05) is 19.1 Å². The summed E-state index contributed by atoms with van der Waals surface area (Å²) in [4.78, 5) is 0. The Bertz CT molecular complexity index is 387. The minimum Gasteiger partial charge on any atom is -0.376 e. The van der Waals surface area contributed by atoms with Gasteiger partial charge in [0.15, 0.2) is 0 Å². The molecule has 1 rings (SSSR count). The number of nitrogens with one attached hydrogen (secondary N) is 1. The van der Waals surface area contributed by atoms with Gasteiger partial charge in [-0.3, -0.25) is 0 Å². The van der Waals surface area contributed by atoms with Crippen molar-refractivity contribution in [3.8, 4) is 0 Å². The Morgan fingerprint density at radius 3 is 2.55 bits per heavy atom. The van der Waals surface area contributed by atoms with Crippen LogP contribution >= 0.6 is 0 Å². The molecular weight excluding hydrogens is 253 g/mol. The second-order valence-electron chi connectivity index (χ2n) is 6.17. The zero-order valence-electron chi connectivity index (χ0n) is 13.2. The molecule has 1 N–H and O–H groups in total. The van der Waals surface area contributed by atoms with E-state index in [4.69, 9.17) is 4.74 Å². The average Bonchev–Trinajstić information content (AvgIpc) is 2.37. The lowest BCUT2D eigenvalue weighted by atomic mass is 9.95. The molecule has 0 aliphatic carbocycles. The third-order valence-electron chi connectivity index (χ3n) is 3.16. The minimum absolute atomic E-state index is 0.119. The van der Waals surface area contributed by atoms with Gasteiger partial charge in [-0.15, -0.1) is 0 Å². The molecule has 0 amide bonds. The molecule has 3 heteroatoms. The van der Waals surface area contributed by atoms with Crippen LogP contribution in [-0.2, 0) is 4.74 Å². The van der Waals surface area contributed by atoms with Crippen molar-refractivity contribution in [2.75, 3.05) is 19.7 Å². The number of ether oxygens (including phenoxy) is 1. The van der Waals surface area contributed by atoms with Crippen LogP contribution in [0.1, 0.15) is 52.0 Å². The molecule has 0 bridgehead atoms. The summed E-state index contributed by atoms with van der Waals surface area (Å²) in [6.45, 7) is 10.7. The van der Waals surface area contributed by atoms with Crippen LogP contribution in [0.3, 0.4) is 0 Å². The fraction of sp³-hybridized carbons (Fsp3) is 0.647. The number of hydrogen-bond donors (Lipinski definition) is 1. The monoisotopic (exact) mass is 281 g/mol. The molecule has 114 valence electrons. The van der Waals surface area contributed by atoms with Crippen LogP contribution < -0.4 is 5.32 Å². The SMILES string of the molecule is CCCNCC(CCOC(C)(C)C)c1ccccc1F. The van der Waals surface area contributed by atoms with E-state index in [2.05, 4.69) is 12.2 Å². The molecule has 0 saturated heterocycles. The predicted molar refractivity (Wildman–Crippen MR) is 82.6 cm³/mol. The zero-order valence-corrected chi connectivity index (χ0v) is 13.2. The van der Waals surface area contributed by atoms with E-state index in [1.54, 1.807) is 6.07 Å². The van der Waals surface area contributed by atoms with Crippen LogP contribution in [-0.4, -0.2) is 25.3 Å². The number of rotatable bonds is 8. The smallest absolute Gasteiger partial charge is 0.126 e. The fourth-order valence-corrected chi connectivity index (χ4v) is 2.13. The van der Waals surface area contributed by atoms with Crippen LogP contribution in [0.25, 0.3) is 0 Å². The lowest BCUT2D eigenvalue weighted by molar-refractivity contribution is -0.00630. The van der Waals surface area contributed by atoms with Crippen molar-refractivity contribution < 1.29 is 9.13 Å². The summed E-state index contributed by atoms with van der Waals surface area (Å²) in [5.74, 6) is 0.0386. The Morgan fingerprint density at radius 1 is 1.25 bits per heavy atom. The van der Waals surface area contributed by atoms with Crippen LogP contribution in [0.5, 0.6) is 0 Å². The summed E-state index contributed by atoms with van der Waals surface area (Å²) in [6.07, 6.45) is 1.91. The highest BCUT2D eigenvalue weighted by Gasteiger charge is 2.17. The van der Waals surface area contributed by atoms with E-state index < -0.39 is 0 Å². The standard InChI is InChI=1S/C17H28FNO/c1-5-11-19-13-14(10-12-20-17(2,3)4)15-8-6-7-9-16(15)18/h6-9,14,19H,5,10-13H2,1-4H3. The highest BCUT2D eigenvalue weighted by atomic mass is 19.1. The molecular formula is C17H28FNO. The molecule has 1 aromatic rings. The number of benzene rings is 1. The highest BCUT2D eigenvalue weighted by molar-refractivity contribution is 5.22. The first-order valence-electron chi connectivity index (χ1n) is 7.53. The van der Waals surface area contributed by atoms with Gasteiger partial charge in [0.05, 0.1) is 5.60 Å². The van der Waals surface area contributed by atoms with Crippen molar-refractivity contribution in [3.05, 3.63) is 35.6 Å². The van der Waals surface area contributed by atoms with E-state index in [0.717, 1.165) is 31.5 Å². The third kappa shape index (κ3) is 6.49. The minimum atomic E-state index is -0.142. The van der Waals surface area contributed by atoms with Gasteiger partial charge < -0.3 is 10.1 Å². The maximum Gasteiger partial charge on any atom is 0.126 e. The van der Waals surface area contributed by atoms with Gasteiger partial charge >= 0.3 is 0 Å². The third-order valence-corrected chi connectivity index (χ3v) is 3.16. The fourth-order valence-electron chi connectivity index (χ4n) is 2.13. The molecule has 0 radical (unpaired) electrons. The molecule has 0 aromatic heterocycles. The summed E-state index contributed by atoms with van der Waals surface area (Å²) < 4.78 is 19.7.